The maximum Gasteiger partial charge on any atom is 0.134 e. The summed E-state index contributed by atoms with van der Waals surface area (Å²) in [6.45, 7) is 7.86. The van der Waals surface area contributed by atoms with Crippen molar-refractivity contribution in [2.75, 3.05) is 44.4 Å². The van der Waals surface area contributed by atoms with Gasteiger partial charge in [0, 0.05) is 19.2 Å². The minimum Gasteiger partial charge on any atom is -0.373 e. The summed E-state index contributed by atoms with van der Waals surface area (Å²) in [5.41, 5.74) is 1.54. The quantitative estimate of drug-likeness (QED) is 0.864. The van der Waals surface area contributed by atoms with Crippen molar-refractivity contribution in [3.05, 3.63) is 11.9 Å². The number of nitrogens with zero attached hydrogens (tertiary/aromatic N) is 3. The molecule has 0 radical (unpaired) electrons. The Kier molecular flexibility index (Phi) is 4.81. The molecule has 0 atom stereocenters. The summed E-state index contributed by atoms with van der Waals surface area (Å²) in [5, 5.41) is 6.70. The number of rotatable bonds is 5. The van der Waals surface area contributed by atoms with Gasteiger partial charge in [-0.3, -0.25) is 0 Å². The molecule has 1 fully saturated rings. The molecule has 112 valence electrons. The fourth-order valence-electron chi connectivity index (χ4n) is 2.75. The number of hydrogen-bond acceptors (Lipinski definition) is 5. The van der Waals surface area contributed by atoms with E-state index in [2.05, 4.69) is 46.4 Å². The van der Waals surface area contributed by atoms with E-state index in [0.29, 0.717) is 5.41 Å². The zero-order valence-corrected chi connectivity index (χ0v) is 13.2. The highest BCUT2D eigenvalue weighted by molar-refractivity contribution is 5.57. The summed E-state index contributed by atoms with van der Waals surface area (Å²) in [4.78, 5) is 11.1. The second-order valence-electron chi connectivity index (χ2n) is 6.12. The van der Waals surface area contributed by atoms with Gasteiger partial charge in [-0.15, -0.1) is 0 Å². The van der Waals surface area contributed by atoms with Crippen LogP contribution in [0, 0.1) is 5.41 Å². The molecule has 0 saturated carbocycles. The van der Waals surface area contributed by atoms with E-state index in [1.54, 1.807) is 6.33 Å². The van der Waals surface area contributed by atoms with Crippen molar-refractivity contribution in [1.82, 2.24) is 14.9 Å². The molecular formula is C15H27N5. The molecule has 1 saturated heterocycles. The Bertz CT molecular complexity index is 438. The van der Waals surface area contributed by atoms with Gasteiger partial charge in [0.05, 0.1) is 0 Å². The number of hydrogen-bond donors (Lipinski definition) is 2. The fourth-order valence-corrected chi connectivity index (χ4v) is 2.75. The summed E-state index contributed by atoms with van der Waals surface area (Å²) >= 11 is 0. The van der Waals surface area contributed by atoms with Gasteiger partial charge in [-0.05, 0) is 44.8 Å². The van der Waals surface area contributed by atoms with E-state index in [0.717, 1.165) is 24.6 Å². The Balaban J connectivity index is 2.03. The molecule has 0 unspecified atom stereocenters. The van der Waals surface area contributed by atoms with Crippen molar-refractivity contribution in [2.24, 2.45) is 5.41 Å². The lowest BCUT2D eigenvalue weighted by Crippen LogP contribution is -2.40. The molecule has 5 heteroatoms. The van der Waals surface area contributed by atoms with Crippen molar-refractivity contribution >= 4 is 11.6 Å². The van der Waals surface area contributed by atoms with Crippen LogP contribution in [-0.2, 0) is 6.42 Å². The van der Waals surface area contributed by atoms with Crippen LogP contribution in [0.25, 0.3) is 0 Å². The monoisotopic (exact) mass is 277 g/mol. The summed E-state index contributed by atoms with van der Waals surface area (Å²) in [6, 6.07) is 0. The predicted molar refractivity (Wildman–Crippen MR) is 84.3 cm³/mol. The lowest BCUT2D eigenvalue weighted by Gasteiger charge is -2.38. The Labute approximate surface area is 122 Å². The number of aromatic nitrogens is 2. The van der Waals surface area contributed by atoms with Crippen molar-refractivity contribution in [1.29, 1.82) is 0 Å². The molecule has 2 heterocycles. The van der Waals surface area contributed by atoms with Crippen LogP contribution in [0.3, 0.4) is 0 Å². The molecule has 2 rings (SSSR count). The molecule has 2 N–H and O–H groups in total. The Hall–Kier alpha value is -1.36. The molecular weight excluding hydrogens is 250 g/mol. The summed E-state index contributed by atoms with van der Waals surface area (Å²) in [7, 11) is 4.11. The molecule has 0 aliphatic carbocycles. The van der Waals surface area contributed by atoms with E-state index in [1.165, 1.54) is 31.5 Å². The third-order valence-electron chi connectivity index (χ3n) is 4.41. The van der Waals surface area contributed by atoms with E-state index >= 15 is 0 Å². The topological polar surface area (TPSA) is 53.1 Å². The number of nitrogens with one attached hydrogen (secondary N) is 2. The summed E-state index contributed by atoms with van der Waals surface area (Å²) in [6.07, 6.45) is 5.03. The first-order valence-corrected chi connectivity index (χ1v) is 7.52. The lowest BCUT2D eigenvalue weighted by molar-refractivity contribution is 0.150. The Morgan fingerprint density at radius 2 is 1.90 bits per heavy atom. The fraction of sp³-hybridized carbons (Fsp3) is 0.733. The molecule has 20 heavy (non-hydrogen) atoms. The van der Waals surface area contributed by atoms with E-state index in [1.807, 2.05) is 7.05 Å². The highest BCUT2D eigenvalue weighted by Crippen LogP contribution is 2.31. The number of likely N-dealkylation sites (tertiary alicyclic amines) is 1. The third kappa shape index (κ3) is 3.39. The van der Waals surface area contributed by atoms with Gasteiger partial charge >= 0.3 is 0 Å². The summed E-state index contributed by atoms with van der Waals surface area (Å²) in [5.74, 6) is 1.91. The van der Waals surface area contributed by atoms with Gasteiger partial charge in [0.2, 0.25) is 0 Å². The zero-order valence-electron chi connectivity index (χ0n) is 13.2. The largest absolute Gasteiger partial charge is 0.373 e. The van der Waals surface area contributed by atoms with Crippen LogP contribution in [0.15, 0.2) is 6.33 Å². The van der Waals surface area contributed by atoms with Gasteiger partial charge in [-0.1, -0.05) is 13.8 Å². The maximum absolute atomic E-state index is 4.42. The second kappa shape index (κ2) is 6.39. The first-order valence-electron chi connectivity index (χ1n) is 7.52. The second-order valence-corrected chi connectivity index (χ2v) is 6.12. The molecule has 1 aliphatic heterocycles. The number of anilines is 2. The minimum absolute atomic E-state index is 0.363. The minimum atomic E-state index is 0.363. The standard InChI is InChI=1S/C15H27N5/c1-5-12-13(16-3)18-11-19-14(12)17-10-15(2)6-8-20(4)9-7-15/h11H,5-10H2,1-4H3,(H2,16,17,18,19). The van der Waals surface area contributed by atoms with Gasteiger partial charge in [0.25, 0.3) is 0 Å². The van der Waals surface area contributed by atoms with Crippen LogP contribution in [0.4, 0.5) is 11.6 Å². The van der Waals surface area contributed by atoms with Gasteiger partial charge < -0.3 is 15.5 Å². The summed E-state index contributed by atoms with van der Waals surface area (Å²) < 4.78 is 0. The SMILES string of the molecule is CCc1c(NC)ncnc1NCC1(C)CCN(C)CC1. The van der Waals surface area contributed by atoms with Crippen LogP contribution in [0.1, 0.15) is 32.3 Å². The smallest absolute Gasteiger partial charge is 0.134 e. The molecule has 5 nitrogen and oxygen atoms in total. The number of piperidine rings is 1. The van der Waals surface area contributed by atoms with Gasteiger partial charge in [0.15, 0.2) is 0 Å². The molecule has 1 aromatic rings. The van der Waals surface area contributed by atoms with E-state index < -0.39 is 0 Å². The van der Waals surface area contributed by atoms with Crippen molar-refractivity contribution in [2.45, 2.75) is 33.1 Å². The molecule has 0 bridgehead atoms. The highest BCUT2D eigenvalue weighted by Gasteiger charge is 2.28. The van der Waals surface area contributed by atoms with Crippen LogP contribution < -0.4 is 10.6 Å². The van der Waals surface area contributed by atoms with Gasteiger partial charge in [-0.2, -0.15) is 0 Å². The van der Waals surface area contributed by atoms with Crippen molar-refractivity contribution in [3.63, 3.8) is 0 Å². The normalized spacial score (nSPS) is 18.8. The first kappa shape index (κ1) is 15.0. The average Bonchev–Trinajstić information content (AvgIpc) is 2.48. The highest BCUT2D eigenvalue weighted by atomic mass is 15.1. The molecule has 1 aromatic heterocycles. The lowest BCUT2D eigenvalue weighted by atomic mass is 9.80. The van der Waals surface area contributed by atoms with Crippen LogP contribution in [0.2, 0.25) is 0 Å². The third-order valence-corrected chi connectivity index (χ3v) is 4.41. The molecule has 0 amide bonds. The molecule has 1 aliphatic rings. The molecule has 0 spiro atoms. The first-order chi connectivity index (χ1) is 9.58. The van der Waals surface area contributed by atoms with Crippen molar-refractivity contribution < 1.29 is 0 Å². The van der Waals surface area contributed by atoms with E-state index in [-0.39, 0.29) is 0 Å². The maximum atomic E-state index is 4.42. The van der Waals surface area contributed by atoms with E-state index in [9.17, 15) is 0 Å². The average molecular weight is 277 g/mol. The predicted octanol–water partition coefficient (Wildman–Crippen LogP) is 2.22. The zero-order chi connectivity index (χ0) is 14.6. The Morgan fingerprint density at radius 3 is 2.50 bits per heavy atom. The van der Waals surface area contributed by atoms with E-state index in [4.69, 9.17) is 0 Å². The van der Waals surface area contributed by atoms with Crippen LogP contribution >= 0.6 is 0 Å². The van der Waals surface area contributed by atoms with Gasteiger partial charge in [-0.25, -0.2) is 9.97 Å². The van der Waals surface area contributed by atoms with Crippen LogP contribution in [0.5, 0.6) is 0 Å². The van der Waals surface area contributed by atoms with Crippen LogP contribution in [-0.4, -0.2) is 48.6 Å². The van der Waals surface area contributed by atoms with Gasteiger partial charge in [0.1, 0.15) is 18.0 Å². The molecule has 0 aromatic carbocycles. The Morgan fingerprint density at radius 1 is 1.25 bits per heavy atom. The van der Waals surface area contributed by atoms with Crippen molar-refractivity contribution in [3.8, 4) is 0 Å².